The van der Waals surface area contributed by atoms with E-state index < -0.39 is 0 Å². The summed E-state index contributed by atoms with van der Waals surface area (Å²) >= 11 is 0. The molecule has 0 saturated carbocycles. The van der Waals surface area contributed by atoms with E-state index >= 15 is 0 Å². The number of rotatable bonds is 3. The number of aldehydes is 1. The van der Waals surface area contributed by atoms with Crippen LogP contribution < -0.4 is 4.74 Å². The zero-order valence-corrected chi connectivity index (χ0v) is 9.79. The quantitative estimate of drug-likeness (QED) is 0.758. The van der Waals surface area contributed by atoms with E-state index in [2.05, 4.69) is 0 Å². The molecule has 0 aliphatic heterocycles. The van der Waals surface area contributed by atoms with Crippen LogP contribution in [0.5, 0.6) is 5.75 Å². The Kier molecular flexibility index (Phi) is 3.09. The van der Waals surface area contributed by atoms with Gasteiger partial charge in [-0.1, -0.05) is 13.0 Å². The molecule has 0 saturated heterocycles. The SMILES string of the molecule is CCc1c(F)ccc2cc(OC)cc(C=O)c12. The van der Waals surface area contributed by atoms with Gasteiger partial charge in [0, 0.05) is 5.56 Å². The van der Waals surface area contributed by atoms with Gasteiger partial charge >= 0.3 is 0 Å². The first-order valence-electron chi connectivity index (χ1n) is 5.45. The molecule has 0 heterocycles. The van der Waals surface area contributed by atoms with Crippen molar-refractivity contribution >= 4 is 17.1 Å². The number of hydrogen-bond acceptors (Lipinski definition) is 2. The molecule has 17 heavy (non-hydrogen) atoms. The summed E-state index contributed by atoms with van der Waals surface area (Å²) in [5.41, 5.74) is 1.04. The van der Waals surface area contributed by atoms with Gasteiger partial charge in [-0.2, -0.15) is 0 Å². The molecule has 2 rings (SSSR count). The smallest absolute Gasteiger partial charge is 0.150 e. The van der Waals surface area contributed by atoms with Crippen LogP contribution in [-0.4, -0.2) is 13.4 Å². The standard InChI is InChI=1S/C14H13FO2/c1-3-12-13(15)5-4-9-6-11(17-2)7-10(8-16)14(9)12/h4-8H,3H2,1-2H3. The van der Waals surface area contributed by atoms with Crippen molar-refractivity contribution < 1.29 is 13.9 Å². The molecular formula is C14H13FO2. The minimum Gasteiger partial charge on any atom is -0.497 e. The van der Waals surface area contributed by atoms with Gasteiger partial charge in [-0.3, -0.25) is 4.79 Å². The van der Waals surface area contributed by atoms with Gasteiger partial charge in [0.25, 0.3) is 0 Å². The lowest BCUT2D eigenvalue weighted by molar-refractivity contribution is 0.112. The summed E-state index contributed by atoms with van der Waals surface area (Å²) in [6.45, 7) is 1.87. The van der Waals surface area contributed by atoms with Crippen LogP contribution in [0.2, 0.25) is 0 Å². The second kappa shape index (κ2) is 4.53. The van der Waals surface area contributed by atoms with Crippen LogP contribution in [0.4, 0.5) is 4.39 Å². The van der Waals surface area contributed by atoms with Gasteiger partial charge in [-0.05, 0) is 41.0 Å². The Morgan fingerprint density at radius 2 is 2.12 bits per heavy atom. The lowest BCUT2D eigenvalue weighted by Gasteiger charge is -2.10. The molecule has 88 valence electrons. The number of aryl methyl sites for hydroxylation is 1. The molecule has 3 heteroatoms. The minimum absolute atomic E-state index is 0.270. The van der Waals surface area contributed by atoms with Crippen LogP contribution in [0, 0.1) is 5.82 Å². The maximum Gasteiger partial charge on any atom is 0.150 e. The Morgan fingerprint density at radius 3 is 2.71 bits per heavy atom. The first kappa shape index (κ1) is 11.6. The third kappa shape index (κ3) is 1.88. The van der Waals surface area contributed by atoms with E-state index in [1.807, 2.05) is 6.92 Å². The molecule has 0 N–H and O–H groups in total. The highest BCUT2D eigenvalue weighted by Crippen LogP contribution is 2.29. The van der Waals surface area contributed by atoms with Crippen LogP contribution in [0.1, 0.15) is 22.8 Å². The molecule has 0 bridgehead atoms. The van der Waals surface area contributed by atoms with Crippen molar-refractivity contribution in [3.63, 3.8) is 0 Å². The van der Waals surface area contributed by atoms with Gasteiger partial charge < -0.3 is 4.74 Å². The van der Waals surface area contributed by atoms with Gasteiger partial charge in [0.05, 0.1) is 7.11 Å². The molecule has 0 radical (unpaired) electrons. The number of halogens is 1. The molecule has 0 spiro atoms. The first-order valence-corrected chi connectivity index (χ1v) is 5.45. The number of ether oxygens (including phenoxy) is 1. The number of methoxy groups -OCH3 is 1. The van der Waals surface area contributed by atoms with E-state index in [1.165, 1.54) is 6.07 Å². The number of fused-ring (bicyclic) bond motifs is 1. The predicted octanol–water partition coefficient (Wildman–Crippen LogP) is 3.36. The summed E-state index contributed by atoms with van der Waals surface area (Å²) in [6.07, 6.45) is 1.29. The predicted molar refractivity (Wildman–Crippen MR) is 65.2 cm³/mol. The van der Waals surface area contributed by atoms with Gasteiger partial charge in [-0.25, -0.2) is 4.39 Å². The Morgan fingerprint density at radius 1 is 1.35 bits per heavy atom. The summed E-state index contributed by atoms with van der Waals surface area (Å²) in [4.78, 5) is 11.1. The summed E-state index contributed by atoms with van der Waals surface area (Å²) < 4.78 is 18.8. The van der Waals surface area contributed by atoms with Crippen LogP contribution in [0.15, 0.2) is 24.3 Å². The van der Waals surface area contributed by atoms with Crippen molar-refractivity contribution in [2.24, 2.45) is 0 Å². The van der Waals surface area contributed by atoms with Crippen molar-refractivity contribution in [2.75, 3.05) is 7.11 Å². The zero-order chi connectivity index (χ0) is 12.4. The van der Waals surface area contributed by atoms with E-state index in [0.29, 0.717) is 28.7 Å². The monoisotopic (exact) mass is 232 g/mol. The summed E-state index contributed by atoms with van der Waals surface area (Å²) in [6, 6.07) is 6.53. The van der Waals surface area contributed by atoms with Crippen LogP contribution in [-0.2, 0) is 6.42 Å². The second-order valence-corrected chi connectivity index (χ2v) is 3.81. The molecule has 0 aromatic heterocycles. The normalized spacial score (nSPS) is 10.5. The lowest BCUT2D eigenvalue weighted by Crippen LogP contribution is -1.95. The molecule has 0 amide bonds. The second-order valence-electron chi connectivity index (χ2n) is 3.81. The van der Waals surface area contributed by atoms with Gasteiger partial charge in [0.15, 0.2) is 6.29 Å². The molecular weight excluding hydrogens is 219 g/mol. The molecule has 0 aliphatic carbocycles. The number of carbonyl (C=O) groups is 1. The van der Waals surface area contributed by atoms with Gasteiger partial charge in [-0.15, -0.1) is 0 Å². The highest BCUT2D eigenvalue weighted by molar-refractivity contribution is 6.01. The summed E-state index contributed by atoms with van der Waals surface area (Å²) in [7, 11) is 1.54. The number of carbonyl (C=O) groups excluding carboxylic acids is 1. The van der Waals surface area contributed by atoms with E-state index in [1.54, 1.807) is 25.3 Å². The van der Waals surface area contributed by atoms with Crippen LogP contribution in [0.3, 0.4) is 0 Å². The van der Waals surface area contributed by atoms with Crippen molar-refractivity contribution in [1.82, 2.24) is 0 Å². The largest absolute Gasteiger partial charge is 0.497 e. The molecule has 2 aromatic rings. The van der Waals surface area contributed by atoms with Crippen molar-refractivity contribution in [3.8, 4) is 5.75 Å². The molecule has 0 unspecified atom stereocenters. The fourth-order valence-corrected chi connectivity index (χ4v) is 2.08. The lowest BCUT2D eigenvalue weighted by atomic mass is 9.97. The topological polar surface area (TPSA) is 26.3 Å². The van der Waals surface area contributed by atoms with Gasteiger partial charge in [0.1, 0.15) is 11.6 Å². The van der Waals surface area contributed by atoms with Crippen LogP contribution >= 0.6 is 0 Å². The highest BCUT2D eigenvalue weighted by atomic mass is 19.1. The summed E-state index contributed by atoms with van der Waals surface area (Å²) in [5, 5.41) is 1.51. The van der Waals surface area contributed by atoms with Crippen molar-refractivity contribution in [1.29, 1.82) is 0 Å². The fraction of sp³-hybridized carbons (Fsp3) is 0.214. The van der Waals surface area contributed by atoms with Crippen LogP contribution in [0.25, 0.3) is 10.8 Å². The summed E-state index contributed by atoms with van der Waals surface area (Å²) in [5.74, 6) is 0.335. The van der Waals surface area contributed by atoms with E-state index in [-0.39, 0.29) is 5.82 Å². The van der Waals surface area contributed by atoms with E-state index in [9.17, 15) is 9.18 Å². The Hall–Kier alpha value is -1.90. The molecule has 2 aromatic carbocycles. The van der Waals surface area contributed by atoms with Gasteiger partial charge in [0.2, 0.25) is 0 Å². The minimum atomic E-state index is -0.270. The molecule has 0 aliphatic rings. The molecule has 0 atom stereocenters. The van der Waals surface area contributed by atoms with E-state index in [0.717, 1.165) is 11.7 Å². The first-order chi connectivity index (χ1) is 8.21. The Labute approximate surface area is 99.0 Å². The van der Waals surface area contributed by atoms with Crippen molar-refractivity contribution in [3.05, 3.63) is 41.2 Å². The number of benzene rings is 2. The Bertz CT molecular complexity index is 576. The van der Waals surface area contributed by atoms with Crippen molar-refractivity contribution in [2.45, 2.75) is 13.3 Å². The third-order valence-electron chi connectivity index (χ3n) is 2.89. The average Bonchev–Trinajstić information content (AvgIpc) is 2.37. The molecule has 2 nitrogen and oxygen atoms in total. The number of hydrogen-bond donors (Lipinski definition) is 0. The average molecular weight is 232 g/mol. The Balaban J connectivity index is 2.89. The maximum absolute atomic E-state index is 13.7. The fourth-order valence-electron chi connectivity index (χ4n) is 2.08. The zero-order valence-electron chi connectivity index (χ0n) is 9.79. The van der Waals surface area contributed by atoms with E-state index in [4.69, 9.17) is 4.74 Å². The highest BCUT2D eigenvalue weighted by Gasteiger charge is 2.11. The molecule has 0 fully saturated rings. The third-order valence-corrected chi connectivity index (χ3v) is 2.89. The maximum atomic E-state index is 13.7.